The Labute approximate surface area is 148 Å². The third-order valence-electron chi connectivity index (χ3n) is 3.74. The number of hydrogen-bond donors (Lipinski definition) is 1. The first kappa shape index (κ1) is 18.4. The molecule has 0 heterocycles. The van der Waals surface area contributed by atoms with Crippen molar-refractivity contribution in [2.24, 2.45) is 0 Å². The number of carbonyl (C=O) groups excluding carboxylic acids is 1. The van der Waals surface area contributed by atoms with Gasteiger partial charge in [-0.25, -0.2) is 0 Å². The molecular weight excluding hydrogens is 318 g/mol. The molecule has 0 spiro atoms. The first-order valence-electron chi connectivity index (χ1n) is 7.97. The van der Waals surface area contributed by atoms with E-state index in [-0.39, 0.29) is 5.91 Å². The van der Waals surface area contributed by atoms with Crippen molar-refractivity contribution in [1.82, 2.24) is 5.32 Å². The molecule has 0 aliphatic rings. The number of rotatable bonds is 8. The number of methoxy groups -OCH3 is 3. The van der Waals surface area contributed by atoms with E-state index in [0.717, 1.165) is 16.9 Å². The molecule has 0 unspecified atom stereocenters. The predicted molar refractivity (Wildman–Crippen MR) is 98.3 cm³/mol. The molecule has 0 radical (unpaired) electrons. The van der Waals surface area contributed by atoms with Gasteiger partial charge in [-0.15, -0.1) is 0 Å². The summed E-state index contributed by atoms with van der Waals surface area (Å²) in [5.41, 5.74) is 1.87. The highest BCUT2D eigenvalue weighted by molar-refractivity contribution is 5.92. The summed E-state index contributed by atoms with van der Waals surface area (Å²) in [7, 11) is 4.82. The van der Waals surface area contributed by atoms with Gasteiger partial charge in [-0.2, -0.15) is 0 Å². The van der Waals surface area contributed by atoms with Gasteiger partial charge >= 0.3 is 0 Å². The van der Waals surface area contributed by atoms with E-state index in [1.807, 2.05) is 36.4 Å². The van der Waals surface area contributed by atoms with Crippen molar-refractivity contribution >= 4 is 12.0 Å². The third-order valence-corrected chi connectivity index (χ3v) is 3.74. The smallest absolute Gasteiger partial charge is 0.244 e. The number of hydrogen-bond acceptors (Lipinski definition) is 4. The predicted octanol–water partition coefficient (Wildman–Crippen LogP) is 3.08. The second kappa shape index (κ2) is 9.37. The number of carbonyl (C=O) groups is 1. The Balaban J connectivity index is 1.91. The van der Waals surface area contributed by atoms with Crippen LogP contribution in [0.1, 0.15) is 11.1 Å². The lowest BCUT2D eigenvalue weighted by Crippen LogP contribution is -2.23. The van der Waals surface area contributed by atoms with Crippen LogP contribution in [0.2, 0.25) is 0 Å². The van der Waals surface area contributed by atoms with Crippen LogP contribution in [-0.4, -0.2) is 33.8 Å². The fraction of sp³-hybridized carbons (Fsp3) is 0.250. The zero-order chi connectivity index (χ0) is 18.1. The fourth-order valence-corrected chi connectivity index (χ4v) is 2.41. The van der Waals surface area contributed by atoms with Gasteiger partial charge in [-0.1, -0.05) is 18.2 Å². The molecule has 0 aromatic heterocycles. The van der Waals surface area contributed by atoms with Crippen molar-refractivity contribution in [3.63, 3.8) is 0 Å². The van der Waals surface area contributed by atoms with E-state index < -0.39 is 0 Å². The topological polar surface area (TPSA) is 56.8 Å². The lowest BCUT2D eigenvalue weighted by atomic mass is 10.1. The first-order valence-corrected chi connectivity index (χ1v) is 7.97. The Morgan fingerprint density at radius 1 is 1.00 bits per heavy atom. The molecule has 5 nitrogen and oxygen atoms in total. The van der Waals surface area contributed by atoms with Crippen LogP contribution < -0.4 is 19.5 Å². The quantitative estimate of drug-likeness (QED) is 0.750. The molecule has 25 heavy (non-hydrogen) atoms. The molecule has 0 bridgehead atoms. The van der Waals surface area contributed by atoms with Gasteiger partial charge in [0, 0.05) is 24.3 Å². The van der Waals surface area contributed by atoms with Gasteiger partial charge < -0.3 is 19.5 Å². The number of amides is 1. The van der Waals surface area contributed by atoms with E-state index in [1.165, 1.54) is 6.08 Å². The van der Waals surface area contributed by atoms with Crippen LogP contribution in [0, 0.1) is 0 Å². The lowest BCUT2D eigenvalue weighted by molar-refractivity contribution is -0.116. The summed E-state index contributed by atoms with van der Waals surface area (Å²) in [6.45, 7) is 0.531. The van der Waals surface area contributed by atoms with Crippen LogP contribution in [0.15, 0.2) is 48.5 Å². The summed E-state index contributed by atoms with van der Waals surface area (Å²) in [6.07, 6.45) is 3.92. The van der Waals surface area contributed by atoms with E-state index in [2.05, 4.69) is 5.32 Å². The van der Waals surface area contributed by atoms with E-state index in [4.69, 9.17) is 14.2 Å². The van der Waals surface area contributed by atoms with Crippen LogP contribution in [0.5, 0.6) is 17.2 Å². The summed E-state index contributed by atoms with van der Waals surface area (Å²) in [6, 6.07) is 13.2. The number of ether oxygens (including phenoxy) is 3. The Morgan fingerprint density at radius 3 is 2.48 bits per heavy atom. The van der Waals surface area contributed by atoms with Crippen molar-refractivity contribution in [2.75, 3.05) is 27.9 Å². The third kappa shape index (κ3) is 5.28. The van der Waals surface area contributed by atoms with Gasteiger partial charge in [0.15, 0.2) is 0 Å². The molecular formula is C20H23NO4. The average molecular weight is 341 g/mol. The van der Waals surface area contributed by atoms with Gasteiger partial charge in [-0.05, 0) is 36.3 Å². The van der Waals surface area contributed by atoms with Gasteiger partial charge in [0.25, 0.3) is 0 Å². The summed E-state index contributed by atoms with van der Waals surface area (Å²) >= 11 is 0. The highest BCUT2D eigenvalue weighted by Crippen LogP contribution is 2.25. The maximum Gasteiger partial charge on any atom is 0.244 e. The molecule has 0 aliphatic heterocycles. The molecule has 0 aliphatic carbocycles. The zero-order valence-electron chi connectivity index (χ0n) is 14.7. The Hall–Kier alpha value is -2.95. The Morgan fingerprint density at radius 2 is 1.76 bits per heavy atom. The normalized spacial score (nSPS) is 10.5. The van der Waals surface area contributed by atoms with E-state index >= 15 is 0 Å². The SMILES string of the molecule is COc1ccc(/C=C/C(=O)NCCc2ccccc2OC)c(OC)c1. The minimum Gasteiger partial charge on any atom is -0.497 e. The molecule has 0 saturated heterocycles. The highest BCUT2D eigenvalue weighted by atomic mass is 16.5. The van der Waals surface area contributed by atoms with Gasteiger partial charge in [0.2, 0.25) is 5.91 Å². The number of nitrogens with one attached hydrogen (secondary N) is 1. The van der Waals surface area contributed by atoms with E-state index in [1.54, 1.807) is 33.5 Å². The first-order chi connectivity index (χ1) is 12.2. The summed E-state index contributed by atoms with van der Waals surface area (Å²) in [5.74, 6) is 2.02. The average Bonchev–Trinajstić information content (AvgIpc) is 2.66. The molecule has 132 valence electrons. The lowest BCUT2D eigenvalue weighted by Gasteiger charge is -2.08. The molecule has 0 fully saturated rings. The van der Waals surface area contributed by atoms with E-state index in [9.17, 15) is 4.79 Å². The molecule has 2 rings (SSSR count). The summed E-state index contributed by atoms with van der Waals surface area (Å²) < 4.78 is 15.8. The van der Waals surface area contributed by atoms with Gasteiger partial charge in [-0.3, -0.25) is 4.79 Å². The Bertz CT molecular complexity index is 740. The minimum atomic E-state index is -0.159. The zero-order valence-corrected chi connectivity index (χ0v) is 14.7. The molecule has 2 aromatic carbocycles. The largest absolute Gasteiger partial charge is 0.497 e. The van der Waals surface area contributed by atoms with Crippen molar-refractivity contribution in [3.05, 3.63) is 59.7 Å². The highest BCUT2D eigenvalue weighted by Gasteiger charge is 2.04. The molecule has 1 N–H and O–H groups in total. The molecule has 0 atom stereocenters. The Kier molecular flexibility index (Phi) is 6.89. The van der Waals surface area contributed by atoms with Crippen molar-refractivity contribution < 1.29 is 19.0 Å². The number of benzene rings is 2. The van der Waals surface area contributed by atoms with Crippen molar-refractivity contribution in [3.8, 4) is 17.2 Å². The minimum absolute atomic E-state index is 0.159. The van der Waals surface area contributed by atoms with Crippen LogP contribution >= 0.6 is 0 Å². The van der Waals surface area contributed by atoms with Crippen LogP contribution in [0.25, 0.3) is 6.08 Å². The van der Waals surface area contributed by atoms with Crippen molar-refractivity contribution in [2.45, 2.75) is 6.42 Å². The fourth-order valence-electron chi connectivity index (χ4n) is 2.41. The standard InChI is InChI=1S/C20H23NO4/c1-23-17-10-8-16(19(14-17)25-3)9-11-20(22)21-13-12-15-6-4-5-7-18(15)24-2/h4-11,14H,12-13H2,1-3H3,(H,21,22)/b11-9+. The maximum atomic E-state index is 12.0. The maximum absolute atomic E-state index is 12.0. The number of para-hydroxylation sites is 1. The summed E-state index contributed by atoms with van der Waals surface area (Å²) in [4.78, 5) is 12.0. The molecule has 0 saturated carbocycles. The molecule has 1 amide bonds. The van der Waals surface area contributed by atoms with Crippen molar-refractivity contribution in [1.29, 1.82) is 0 Å². The summed E-state index contributed by atoms with van der Waals surface area (Å²) in [5, 5.41) is 2.87. The van der Waals surface area contributed by atoms with Crippen LogP contribution in [0.4, 0.5) is 0 Å². The van der Waals surface area contributed by atoms with Gasteiger partial charge in [0.05, 0.1) is 21.3 Å². The molecule has 2 aromatic rings. The second-order valence-corrected chi connectivity index (χ2v) is 5.29. The second-order valence-electron chi connectivity index (χ2n) is 5.29. The van der Waals surface area contributed by atoms with Crippen LogP contribution in [-0.2, 0) is 11.2 Å². The van der Waals surface area contributed by atoms with Crippen LogP contribution in [0.3, 0.4) is 0 Å². The van der Waals surface area contributed by atoms with E-state index in [0.29, 0.717) is 24.5 Å². The van der Waals surface area contributed by atoms with Gasteiger partial charge in [0.1, 0.15) is 17.2 Å². The monoisotopic (exact) mass is 341 g/mol. The molecule has 5 heteroatoms.